The molecule has 2 aromatic rings. The van der Waals surface area contributed by atoms with E-state index in [2.05, 4.69) is 10.4 Å². The molecule has 1 atom stereocenters. The Bertz CT molecular complexity index is 798. The van der Waals surface area contributed by atoms with E-state index in [9.17, 15) is 22.4 Å². The van der Waals surface area contributed by atoms with Gasteiger partial charge in [0.1, 0.15) is 5.82 Å². The van der Waals surface area contributed by atoms with E-state index in [1.807, 2.05) is 5.32 Å². The summed E-state index contributed by atoms with van der Waals surface area (Å²) < 4.78 is 54.9. The average Bonchev–Trinajstić information content (AvgIpc) is 2.73. The van der Waals surface area contributed by atoms with Crippen LogP contribution < -0.4 is 10.6 Å². The standard InChI is InChI=1S/C16H18F4N4O/c1-8-7-11(5-6-12(8)17)21-15(25)22-14(16(18,19)20)13-9(2)23-24(4)10(13)3/h5-7,14H,1-4H3,(H2,21,22,25)/t14-/m0/s1. The lowest BCUT2D eigenvalue weighted by Crippen LogP contribution is -2.41. The maximum absolute atomic E-state index is 13.5. The third-order valence-corrected chi connectivity index (χ3v) is 3.87. The number of carbonyl (C=O) groups excluding carboxylic acids is 1. The van der Waals surface area contributed by atoms with Gasteiger partial charge in [0.15, 0.2) is 6.04 Å². The topological polar surface area (TPSA) is 59.0 Å². The van der Waals surface area contributed by atoms with Crippen LogP contribution in [0.25, 0.3) is 0 Å². The summed E-state index contributed by atoms with van der Waals surface area (Å²) in [6.45, 7) is 4.43. The molecule has 1 aromatic carbocycles. The van der Waals surface area contributed by atoms with Crippen molar-refractivity contribution < 1.29 is 22.4 Å². The zero-order valence-corrected chi connectivity index (χ0v) is 14.1. The highest BCUT2D eigenvalue weighted by atomic mass is 19.4. The number of nitrogens with zero attached hydrogens (tertiary/aromatic N) is 2. The Labute approximate surface area is 142 Å². The number of hydrogen-bond donors (Lipinski definition) is 2. The molecule has 9 heteroatoms. The summed E-state index contributed by atoms with van der Waals surface area (Å²) in [7, 11) is 1.53. The second-order valence-corrected chi connectivity index (χ2v) is 5.75. The summed E-state index contributed by atoms with van der Waals surface area (Å²) in [5.41, 5.74) is 0.847. The monoisotopic (exact) mass is 358 g/mol. The van der Waals surface area contributed by atoms with Crippen molar-refractivity contribution in [2.75, 3.05) is 5.32 Å². The summed E-state index contributed by atoms with van der Waals surface area (Å²) >= 11 is 0. The Morgan fingerprint density at radius 2 is 1.88 bits per heavy atom. The Balaban J connectivity index is 2.25. The van der Waals surface area contributed by atoms with E-state index in [4.69, 9.17) is 0 Å². The first kappa shape index (κ1) is 18.8. The van der Waals surface area contributed by atoms with Gasteiger partial charge in [-0.15, -0.1) is 0 Å². The van der Waals surface area contributed by atoms with Crippen LogP contribution in [0.4, 0.5) is 28.0 Å². The van der Waals surface area contributed by atoms with Crippen LogP contribution in [0.15, 0.2) is 18.2 Å². The number of halogens is 4. The third-order valence-electron chi connectivity index (χ3n) is 3.87. The number of rotatable bonds is 3. The molecule has 136 valence electrons. The molecule has 2 rings (SSSR count). The number of amides is 2. The molecule has 1 aromatic heterocycles. The van der Waals surface area contributed by atoms with Crippen LogP contribution in [0.2, 0.25) is 0 Å². The second kappa shape index (κ2) is 6.73. The van der Waals surface area contributed by atoms with E-state index < -0.39 is 24.1 Å². The molecule has 0 aliphatic heterocycles. The van der Waals surface area contributed by atoms with Crippen molar-refractivity contribution in [2.24, 2.45) is 7.05 Å². The van der Waals surface area contributed by atoms with Crippen molar-refractivity contribution in [1.29, 1.82) is 0 Å². The minimum Gasteiger partial charge on any atom is -0.322 e. The lowest BCUT2D eigenvalue weighted by Gasteiger charge is -2.22. The number of aryl methyl sites for hydroxylation is 3. The quantitative estimate of drug-likeness (QED) is 0.818. The van der Waals surface area contributed by atoms with Gasteiger partial charge >= 0.3 is 12.2 Å². The second-order valence-electron chi connectivity index (χ2n) is 5.75. The van der Waals surface area contributed by atoms with Crippen LogP contribution >= 0.6 is 0 Å². The molecule has 0 saturated carbocycles. The van der Waals surface area contributed by atoms with Crippen LogP contribution in [0, 0.1) is 26.6 Å². The highest BCUT2D eigenvalue weighted by Gasteiger charge is 2.44. The first-order chi connectivity index (χ1) is 11.5. The average molecular weight is 358 g/mol. The van der Waals surface area contributed by atoms with Gasteiger partial charge < -0.3 is 10.6 Å². The number of aromatic nitrogens is 2. The van der Waals surface area contributed by atoms with Gasteiger partial charge in [0.05, 0.1) is 5.69 Å². The smallest absolute Gasteiger partial charge is 0.322 e. The Morgan fingerprint density at radius 1 is 1.24 bits per heavy atom. The first-order valence-electron chi connectivity index (χ1n) is 7.41. The molecular formula is C16H18F4N4O. The highest BCUT2D eigenvalue weighted by Crippen LogP contribution is 2.35. The van der Waals surface area contributed by atoms with Crippen LogP contribution in [-0.4, -0.2) is 22.0 Å². The number of anilines is 1. The zero-order valence-electron chi connectivity index (χ0n) is 14.1. The van der Waals surface area contributed by atoms with Crippen molar-refractivity contribution in [3.63, 3.8) is 0 Å². The maximum atomic E-state index is 13.5. The molecule has 0 bridgehead atoms. The Kier molecular flexibility index (Phi) is 5.05. The Hall–Kier alpha value is -2.58. The van der Waals surface area contributed by atoms with E-state index >= 15 is 0 Å². The maximum Gasteiger partial charge on any atom is 0.413 e. The number of urea groups is 1. The molecule has 0 saturated heterocycles. The number of carbonyl (C=O) groups is 1. The highest BCUT2D eigenvalue weighted by molar-refractivity contribution is 5.89. The summed E-state index contributed by atoms with van der Waals surface area (Å²) in [6.07, 6.45) is -4.70. The molecular weight excluding hydrogens is 340 g/mol. The minimum atomic E-state index is -4.70. The molecule has 0 aliphatic rings. The molecule has 2 N–H and O–H groups in total. The van der Waals surface area contributed by atoms with Gasteiger partial charge in [-0.1, -0.05) is 0 Å². The SMILES string of the molecule is Cc1cc(NC(=O)N[C@@H](c2c(C)nn(C)c2C)C(F)(F)F)ccc1F. The van der Waals surface area contributed by atoms with Gasteiger partial charge in [-0.25, -0.2) is 9.18 Å². The molecule has 5 nitrogen and oxygen atoms in total. The number of nitrogens with one attached hydrogen (secondary N) is 2. The molecule has 25 heavy (non-hydrogen) atoms. The normalized spacial score (nSPS) is 12.8. The molecule has 0 fully saturated rings. The zero-order chi connectivity index (χ0) is 18.9. The summed E-state index contributed by atoms with van der Waals surface area (Å²) in [6, 6.07) is 0.476. The predicted octanol–water partition coefficient (Wildman–Crippen LogP) is 3.91. The van der Waals surface area contributed by atoms with Gasteiger partial charge in [0.2, 0.25) is 0 Å². The first-order valence-corrected chi connectivity index (χ1v) is 7.41. The molecule has 0 spiro atoms. The van der Waals surface area contributed by atoms with Crippen LogP contribution in [-0.2, 0) is 7.05 Å². The third kappa shape index (κ3) is 4.09. The molecule has 2 amide bonds. The molecule has 0 aliphatic carbocycles. The van der Waals surface area contributed by atoms with Crippen LogP contribution in [0.5, 0.6) is 0 Å². The van der Waals surface area contributed by atoms with Gasteiger partial charge in [-0.3, -0.25) is 4.68 Å². The van der Waals surface area contributed by atoms with Gasteiger partial charge in [0.25, 0.3) is 0 Å². The van der Waals surface area contributed by atoms with Crippen molar-refractivity contribution in [2.45, 2.75) is 33.0 Å². The molecule has 1 heterocycles. The number of alkyl halides is 3. The van der Waals surface area contributed by atoms with E-state index in [-0.39, 0.29) is 22.5 Å². The largest absolute Gasteiger partial charge is 0.413 e. The van der Waals surface area contributed by atoms with Crippen LogP contribution in [0.3, 0.4) is 0 Å². The summed E-state index contributed by atoms with van der Waals surface area (Å²) in [4.78, 5) is 12.0. The van der Waals surface area contributed by atoms with Crippen molar-refractivity contribution in [3.05, 3.63) is 46.5 Å². The fraction of sp³-hybridized carbons (Fsp3) is 0.375. The molecule has 0 unspecified atom stereocenters. The van der Waals surface area contributed by atoms with Crippen molar-refractivity contribution >= 4 is 11.7 Å². The van der Waals surface area contributed by atoms with Crippen LogP contribution in [0.1, 0.15) is 28.6 Å². The van der Waals surface area contributed by atoms with E-state index in [1.165, 1.54) is 44.6 Å². The Morgan fingerprint density at radius 3 is 2.36 bits per heavy atom. The summed E-state index contributed by atoms with van der Waals surface area (Å²) in [5.74, 6) is -0.472. The van der Waals surface area contributed by atoms with E-state index in [1.54, 1.807) is 0 Å². The van der Waals surface area contributed by atoms with Gasteiger partial charge in [0, 0.05) is 24.0 Å². The minimum absolute atomic E-state index is 0.0968. The summed E-state index contributed by atoms with van der Waals surface area (Å²) in [5, 5.41) is 8.17. The fourth-order valence-corrected chi connectivity index (χ4v) is 2.55. The van der Waals surface area contributed by atoms with Gasteiger partial charge in [-0.2, -0.15) is 18.3 Å². The van der Waals surface area contributed by atoms with Gasteiger partial charge in [-0.05, 0) is 44.5 Å². The molecule has 0 radical (unpaired) electrons. The van der Waals surface area contributed by atoms with E-state index in [0.717, 1.165) is 6.07 Å². The fourth-order valence-electron chi connectivity index (χ4n) is 2.55. The van der Waals surface area contributed by atoms with Crippen molar-refractivity contribution in [3.8, 4) is 0 Å². The lowest BCUT2D eigenvalue weighted by atomic mass is 10.0. The predicted molar refractivity (Wildman–Crippen MR) is 84.8 cm³/mol. The lowest BCUT2D eigenvalue weighted by molar-refractivity contribution is -0.155. The number of hydrogen-bond acceptors (Lipinski definition) is 2. The number of benzene rings is 1. The van der Waals surface area contributed by atoms with E-state index in [0.29, 0.717) is 5.69 Å². The van der Waals surface area contributed by atoms with Crippen molar-refractivity contribution in [1.82, 2.24) is 15.1 Å².